The van der Waals surface area contributed by atoms with Crippen LogP contribution < -0.4 is 5.32 Å². The fourth-order valence-electron chi connectivity index (χ4n) is 3.49. The van der Waals surface area contributed by atoms with E-state index in [1.165, 1.54) is 41.3 Å². The number of amides is 2. The second-order valence-electron chi connectivity index (χ2n) is 6.41. The van der Waals surface area contributed by atoms with Crippen molar-refractivity contribution in [3.63, 3.8) is 0 Å². The second kappa shape index (κ2) is 6.57. The monoisotopic (exact) mass is 339 g/mol. The SMILES string of the molecule is Cc1c(CN2CCSCC2)cccc1C1C=CC2=NC(=O)NC2=C1. The van der Waals surface area contributed by atoms with Crippen LogP contribution in [0.1, 0.15) is 22.6 Å². The molecule has 1 aromatic rings. The molecule has 0 aromatic heterocycles. The summed E-state index contributed by atoms with van der Waals surface area (Å²) < 4.78 is 0. The molecule has 0 saturated carbocycles. The predicted molar refractivity (Wildman–Crippen MR) is 99.7 cm³/mol. The maximum absolute atomic E-state index is 11.4. The topological polar surface area (TPSA) is 44.7 Å². The van der Waals surface area contributed by atoms with E-state index >= 15 is 0 Å². The highest BCUT2D eigenvalue weighted by Gasteiger charge is 2.23. The molecule has 0 radical (unpaired) electrons. The Morgan fingerprint density at radius 1 is 1.33 bits per heavy atom. The number of fused-ring (bicyclic) bond motifs is 1. The molecule has 2 heterocycles. The zero-order valence-electron chi connectivity index (χ0n) is 13.8. The van der Waals surface area contributed by atoms with E-state index in [1.54, 1.807) is 0 Å². The van der Waals surface area contributed by atoms with E-state index in [4.69, 9.17) is 0 Å². The smallest absolute Gasteiger partial charge is 0.304 e. The Morgan fingerprint density at radius 2 is 2.17 bits per heavy atom. The number of nitrogens with one attached hydrogen (secondary N) is 1. The van der Waals surface area contributed by atoms with Crippen LogP contribution in [-0.4, -0.2) is 41.2 Å². The van der Waals surface area contributed by atoms with E-state index in [2.05, 4.69) is 52.5 Å². The zero-order chi connectivity index (χ0) is 16.5. The standard InChI is InChI=1S/C19H21N3OS/c1-13-15(12-22-7-9-24-10-8-22)3-2-4-16(13)14-5-6-17-18(11-14)21-19(23)20-17/h2-6,11,14H,7-10,12H2,1H3,(H,21,23). The molecular weight excluding hydrogens is 318 g/mol. The lowest BCUT2D eigenvalue weighted by molar-refractivity contribution is 0.253. The highest BCUT2D eigenvalue weighted by Crippen LogP contribution is 2.30. The molecule has 4 nitrogen and oxygen atoms in total. The summed E-state index contributed by atoms with van der Waals surface area (Å²) in [5.41, 5.74) is 5.65. The Bertz CT molecular complexity index is 760. The molecule has 1 unspecified atom stereocenters. The van der Waals surface area contributed by atoms with Gasteiger partial charge in [-0.1, -0.05) is 24.3 Å². The number of carbonyl (C=O) groups is 1. The summed E-state index contributed by atoms with van der Waals surface area (Å²) in [5, 5.41) is 2.81. The Labute approximate surface area is 146 Å². The number of nitrogens with zero attached hydrogens (tertiary/aromatic N) is 2. The van der Waals surface area contributed by atoms with Gasteiger partial charge in [-0.2, -0.15) is 16.8 Å². The van der Waals surface area contributed by atoms with Gasteiger partial charge in [0.15, 0.2) is 0 Å². The molecule has 1 aromatic carbocycles. The molecule has 2 amide bonds. The molecule has 0 bridgehead atoms. The number of aliphatic imine (C=N–C) groups is 1. The fraction of sp³-hybridized carbons (Fsp3) is 0.368. The second-order valence-corrected chi connectivity index (χ2v) is 7.64. The molecular formula is C19H21N3OS. The molecule has 0 spiro atoms. The van der Waals surface area contributed by atoms with E-state index in [1.807, 2.05) is 17.8 Å². The van der Waals surface area contributed by atoms with Crippen LogP contribution in [0.15, 0.2) is 47.1 Å². The molecule has 3 aliphatic rings. The summed E-state index contributed by atoms with van der Waals surface area (Å²) in [6.45, 7) is 5.59. The number of hydrogen-bond donors (Lipinski definition) is 1. The molecule has 1 fully saturated rings. The van der Waals surface area contributed by atoms with Crippen LogP contribution >= 0.6 is 11.8 Å². The summed E-state index contributed by atoms with van der Waals surface area (Å²) in [6.07, 6.45) is 6.19. The lowest BCUT2D eigenvalue weighted by Crippen LogP contribution is -2.32. The van der Waals surface area contributed by atoms with E-state index in [0.717, 1.165) is 18.0 Å². The van der Waals surface area contributed by atoms with Crippen LogP contribution in [0.5, 0.6) is 0 Å². The van der Waals surface area contributed by atoms with Crippen LogP contribution in [0.4, 0.5) is 4.79 Å². The van der Waals surface area contributed by atoms with Gasteiger partial charge in [-0.3, -0.25) is 4.90 Å². The zero-order valence-corrected chi connectivity index (χ0v) is 14.6. The third-order valence-electron chi connectivity index (χ3n) is 4.89. The van der Waals surface area contributed by atoms with E-state index < -0.39 is 0 Å². The van der Waals surface area contributed by atoms with Gasteiger partial charge in [-0.25, -0.2) is 4.79 Å². The van der Waals surface area contributed by atoms with Gasteiger partial charge in [0.25, 0.3) is 0 Å². The van der Waals surface area contributed by atoms with Crippen molar-refractivity contribution >= 4 is 23.5 Å². The first kappa shape index (κ1) is 15.7. The van der Waals surface area contributed by atoms with Crippen molar-refractivity contribution in [1.29, 1.82) is 0 Å². The fourth-order valence-corrected chi connectivity index (χ4v) is 4.47. The minimum atomic E-state index is -0.269. The normalized spacial score (nSPS) is 23.5. The molecule has 1 N–H and O–H groups in total. The molecule has 1 aliphatic carbocycles. The van der Waals surface area contributed by atoms with Gasteiger partial charge in [-0.15, -0.1) is 0 Å². The van der Waals surface area contributed by atoms with Crippen molar-refractivity contribution < 1.29 is 4.79 Å². The number of hydrogen-bond acceptors (Lipinski definition) is 3. The van der Waals surface area contributed by atoms with Crippen LogP contribution in [0.2, 0.25) is 0 Å². The Kier molecular flexibility index (Phi) is 4.29. The van der Waals surface area contributed by atoms with Gasteiger partial charge < -0.3 is 5.32 Å². The number of carbonyl (C=O) groups excluding carboxylic acids is 1. The molecule has 4 rings (SSSR count). The van der Waals surface area contributed by atoms with Gasteiger partial charge in [-0.05, 0) is 35.8 Å². The van der Waals surface area contributed by atoms with Crippen molar-refractivity contribution in [2.45, 2.75) is 19.4 Å². The number of thioether (sulfide) groups is 1. The first-order valence-electron chi connectivity index (χ1n) is 8.39. The summed E-state index contributed by atoms with van der Waals surface area (Å²) in [4.78, 5) is 17.9. The Hall–Kier alpha value is -1.85. The maximum atomic E-state index is 11.4. The lowest BCUT2D eigenvalue weighted by atomic mass is 9.88. The molecule has 1 atom stereocenters. The predicted octanol–water partition coefficient (Wildman–Crippen LogP) is 3.25. The third-order valence-corrected chi connectivity index (χ3v) is 5.83. The average molecular weight is 339 g/mol. The number of allylic oxidation sites excluding steroid dienone is 3. The van der Waals surface area contributed by atoms with Crippen LogP contribution in [0, 0.1) is 6.92 Å². The minimum absolute atomic E-state index is 0.189. The van der Waals surface area contributed by atoms with Crippen molar-refractivity contribution in [2.24, 2.45) is 4.99 Å². The van der Waals surface area contributed by atoms with E-state index in [9.17, 15) is 4.79 Å². The van der Waals surface area contributed by atoms with Crippen molar-refractivity contribution in [2.75, 3.05) is 24.6 Å². The van der Waals surface area contributed by atoms with Crippen LogP contribution in [0.3, 0.4) is 0 Å². The quantitative estimate of drug-likeness (QED) is 0.919. The van der Waals surface area contributed by atoms with Crippen molar-refractivity contribution in [1.82, 2.24) is 10.2 Å². The Morgan fingerprint density at radius 3 is 3.00 bits per heavy atom. The van der Waals surface area contributed by atoms with Gasteiger partial charge in [0, 0.05) is 37.1 Å². The summed E-state index contributed by atoms with van der Waals surface area (Å²) in [6, 6.07) is 6.31. The number of rotatable bonds is 3. The largest absolute Gasteiger partial charge is 0.346 e. The van der Waals surface area contributed by atoms with Gasteiger partial charge in [0.1, 0.15) is 0 Å². The van der Waals surface area contributed by atoms with E-state index in [0.29, 0.717) is 0 Å². The highest BCUT2D eigenvalue weighted by molar-refractivity contribution is 7.99. The first-order chi connectivity index (χ1) is 11.7. The summed E-state index contributed by atoms with van der Waals surface area (Å²) >= 11 is 2.04. The molecule has 24 heavy (non-hydrogen) atoms. The summed E-state index contributed by atoms with van der Waals surface area (Å²) in [7, 11) is 0. The Balaban J connectivity index is 1.58. The molecule has 2 aliphatic heterocycles. The number of urea groups is 1. The van der Waals surface area contributed by atoms with Gasteiger partial charge in [0.05, 0.1) is 11.4 Å². The third kappa shape index (κ3) is 3.06. The maximum Gasteiger partial charge on any atom is 0.346 e. The summed E-state index contributed by atoms with van der Waals surface area (Å²) in [5.74, 6) is 2.66. The minimum Gasteiger partial charge on any atom is -0.304 e. The highest BCUT2D eigenvalue weighted by atomic mass is 32.2. The molecule has 124 valence electrons. The van der Waals surface area contributed by atoms with Crippen molar-refractivity contribution in [3.05, 3.63) is 58.8 Å². The van der Waals surface area contributed by atoms with Crippen LogP contribution in [0.25, 0.3) is 0 Å². The average Bonchev–Trinajstić information content (AvgIpc) is 2.97. The molecule has 1 saturated heterocycles. The van der Waals surface area contributed by atoms with Gasteiger partial charge in [0.2, 0.25) is 0 Å². The van der Waals surface area contributed by atoms with E-state index in [-0.39, 0.29) is 11.9 Å². The lowest BCUT2D eigenvalue weighted by Gasteiger charge is -2.27. The van der Waals surface area contributed by atoms with Crippen molar-refractivity contribution in [3.8, 4) is 0 Å². The molecule has 5 heteroatoms. The number of benzene rings is 1. The van der Waals surface area contributed by atoms with Gasteiger partial charge >= 0.3 is 6.03 Å². The van der Waals surface area contributed by atoms with Crippen LogP contribution in [-0.2, 0) is 6.54 Å². The first-order valence-corrected chi connectivity index (χ1v) is 9.55.